The van der Waals surface area contributed by atoms with E-state index in [9.17, 15) is 0 Å². The van der Waals surface area contributed by atoms with Gasteiger partial charge in [0.2, 0.25) is 5.88 Å². The van der Waals surface area contributed by atoms with Gasteiger partial charge in [-0.3, -0.25) is 4.99 Å². The van der Waals surface area contributed by atoms with Crippen molar-refractivity contribution in [3.8, 4) is 5.88 Å². The summed E-state index contributed by atoms with van der Waals surface area (Å²) in [4.78, 5) is 9.78. The molecule has 128 valence electrons. The molecule has 6 heteroatoms. The van der Waals surface area contributed by atoms with Gasteiger partial charge in [-0.05, 0) is 25.1 Å². The maximum atomic E-state index is 5.54. The van der Waals surface area contributed by atoms with Gasteiger partial charge in [-0.2, -0.15) is 0 Å². The molecule has 1 aromatic heterocycles. The van der Waals surface area contributed by atoms with Gasteiger partial charge in [-0.1, -0.05) is 24.3 Å². The first-order valence-electron chi connectivity index (χ1n) is 8.02. The minimum absolute atomic E-state index is 0.605. The molecular weight excluding hydrogens is 320 g/mol. The van der Waals surface area contributed by atoms with Gasteiger partial charge >= 0.3 is 0 Å². The minimum atomic E-state index is 0.605. The number of nitrogens with one attached hydrogen (secondary N) is 2. The summed E-state index contributed by atoms with van der Waals surface area (Å²) in [5, 5.41) is 6.61. The third-order valence-corrected chi connectivity index (χ3v) is 4.22. The molecule has 0 amide bonds. The van der Waals surface area contributed by atoms with Gasteiger partial charge < -0.3 is 15.4 Å². The zero-order valence-corrected chi connectivity index (χ0v) is 15.0. The Morgan fingerprint density at radius 3 is 2.75 bits per heavy atom. The second-order valence-corrected chi connectivity index (χ2v) is 6.08. The number of guanidine groups is 1. The van der Waals surface area contributed by atoms with Crippen molar-refractivity contribution in [3.05, 3.63) is 54.2 Å². The monoisotopic (exact) mass is 344 g/mol. The fraction of sp³-hybridized carbons (Fsp3) is 0.333. The fourth-order valence-corrected chi connectivity index (χ4v) is 2.87. The molecule has 1 heterocycles. The summed E-state index contributed by atoms with van der Waals surface area (Å²) in [6, 6.07) is 14.3. The van der Waals surface area contributed by atoms with Crippen LogP contribution in [0.15, 0.2) is 58.5 Å². The van der Waals surface area contributed by atoms with Gasteiger partial charge in [-0.15, -0.1) is 11.8 Å². The average Bonchev–Trinajstić information content (AvgIpc) is 2.63. The molecule has 2 N–H and O–H groups in total. The van der Waals surface area contributed by atoms with E-state index in [0.717, 1.165) is 23.8 Å². The van der Waals surface area contributed by atoms with Crippen molar-refractivity contribution < 1.29 is 4.74 Å². The molecule has 0 atom stereocenters. The molecule has 2 aromatic rings. The molecule has 0 spiro atoms. The van der Waals surface area contributed by atoms with Gasteiger partial charge in [0.1, 0.15) is 0 Å². The van der Waals surface area contributed by atoms with E-state index in [2.05, 4.69) is 44.9 Å². The first-order valence-corrected chi connectivity index (χ1v) is 9.01. The molecule has 0 aliphatic rings. The van der Waals surface area contributed by atoms with E-state index in [1.54, 1.807) is 13.2 Å². The average molecular weight is 344 g/mol. The number of hydrogen-bond acceptors (Lipinski definition) is 4. The quantitative estimate of drug-likeness (QED) is 0.334. The van der Waals surface area contributed by atoms with Crippen LogP contribution >= 0.6 is 11.8 Å². The van der Waals surface area contributed by atoms with Crippen LogP contribution in [0.2, 0.25) is 0 Å². The van der Waals surface area contributed by atoms with Crippen LogP contribution in [0.4, 0.5) is 0 Å². The number of aromatic nitrogens is 1. The first kappa shape index (κ1) is 18.1. The zero-order chi connectivity index (χ0) is 17.0. The number of pyridine rings is 1. The van der Waals surface area contributed by atoms with Crippen LogP contribution in [0.5, 0.6) is 5.88 Å². The molecule has 24 heavy (non-hydrogen) atoms. The van der Waals surface area contributed by atoms with Crippen molar-refractivity contribution in [2.45, 2.75) is 18.4 Å². The zero-order valence-electron chi connectivity index (χ0n) is 14.2. The number of hydrogen-bond donors (Lipinski definition) is 2. The Balaban J connectivity index is 1.74. The van der Waals surface area contributed by atoms with Gasteiger partial charge in [0.15, 0.2) is 5.96 Å². The number of benzene rings is 1. The topological polar surface area (TPSA) is 58.5 Å². The Bertz CT molecular complexity index is 634. The van der Waals surface area contributed by atoms with E-state index in [1.165, 1.54) is 4.90 Å². The minimum Gasteiger partial charge on any atom is -0.478 e. The highest BCUT2D eigenvalue weighted by molar-refractivity contribution is 7.99. The van der Waals surface area contributed by atoms with Crippen molar-refractivity contribution in [3.63, 3.8) is 0 Å². The Morgan fingerprint density at radius 2 is 2.00 bits per heavy atom. The lowest BCUT2D eigenvalue weighted by Gasteiger charge is -2.13. The van der Waals surface area contributed by atoms with E-state index >= 15 is 0 Å². The predicted molar refractivity (Wildman–Crippen MR) is 101 cm³/mol. The van der Waals surface area contributed by atoms with Crippen molar-refractivity contribution >= 4 is 17.7 Å². The summed E-state index contributed by atoms with van der Waals surface area (Å²) in [7, 11) is 1.77. The van der Waals surface area contributed by atoms with Crippen LogP contribution in [0.25, 0.3) is 0 Å². The summed E-state index contributed by atoms with van der Waals surface area (Å²) in [5.41, 5.74) is 1.01. The predicted octanol–water partition coefficient (Wildman–Crippen LogP) is 2.94. The molecule has 0 aliphatic heterocycles. The number of ether oxygens (including phenoxy) is 1. The number of thioether (sulfide) groups is 1. The summed E-state index contributed by atoms with van der Waals surface area (Å²) in [6.45, 7) is 4.02. The SMILES string of the molecule is CCOc1ncccc1CNC(=NC)NCCSc1ccccc1. The second-order valence-electron chi connectivity index (χ2n) is 4.91. The van der Waals surface area contributed by atoms with E-state index < -0.39 is 0 Å². The molecule has 5 nitrogen and oxygen atoms in total. The van der Waals surface area contributed by atoms with Crippen LogP contribution in [0.1, 0.15) is 12.5 Å². The molecule has 0 bridgehead atoms. The van der Waals surface area contributed by atoms with Crippen LogP contribution < -0.4 is 15.4 Å². The maximum Gasteiger partial charge on any atom is 0.218 e. The lowest BCUT2D eigenvalue weighted by atomic mass is 10.2. The lowest BCUT2D eigenvalue weighted by molar-refractivity contribution is 0.322. The molecule has 1 aromatic carbocycles. The van der Waals surface area contributed by atoms with Gasteiger partial charge in [-0.25, -0.2) is 4.98 Å². The second kappa shape index (κ2) is 10.5. The highest BCUT2D eigenvalue weighted by atomic mass is 32.2. The summed E-state index contributed by atoms with van der Waals surface area (Å²) < 4.78 is 5.54. The smallest absolute Gasteiger partial charge is 0.218 e. The van der Waals surface area contributed by atoms with Crippen molar-refractivity contribution in [1.29, 1.82) is 0 Å². The van der Waals surface area contributed by atoms with Crippen LogP contribution in [-0.2, 0) is 6.54 Å². The normalized spacial score (nSPS) is 11.2. The summed E-state index contributed by atoms with van der Waals surface area (Å²) in [5.74, 6) is 2.42. The van der Waals surface area contributed by atoms with Crippen molar-refractivity contribution in [2.75, 3.05) is 26.0 Å². The Kier molecular flexibility index (Phi) is 7.97. The van der Waals surface area contributed by atoms with E-state index in [4.69, 9.17) is 4.74 Å². The van der Waals surface area contributed by atoms with E-state index in [-0.39, 0.29) is 0 Å². The van der Waals surface area contributed by atoms with Crippen molar-refractivity contribution in [2.24, 2.45) is 4.99 Å². The van der Waals surface area contributed by atoms with Crippen LogP contribution in [0, 0.1) is 0 Å². The van der Waals surface area contributed by atoms with Crippen molar-refractivity contribution in [1.82, 2.24) is 15.6 Å². The maximum absolute atomic E-state index is 5.54. The van der Waals surface area contributed by atoms with Crippen LogP contribution in [-0.4, -0.2) is 36.9 Å². The van der Waals surface area contributed by atoms with Gasteiger partial charge in [0.25, 0.3) is 0 Å². The number of rotatable bonds is 8. The van der Waals surface area contributed by atoms with E-state index in [0.29, 0.717) is 19.0 Å². The molecule has 0 unspecified atom stereocenters. The number of nitrogens with zero attached hydrogens (tertiary/aromatic N) is 2. The molecule has 2 rings (SSSR count). The van der Waals surface area contributed by atoms with Crippen LogP contribution in [0.3, 0.4) is 0 Å². The first-order chi connectivity index (χ1) is 11.8. The lowest BCUT2D eigenvalue weighted by Crippen LogP contribution is -2.38. The molecule has 0 saturated carbocycles. The highest BCUT2D eigenvalue weighted by Gasteiger charge is 2.05. The molecular formula is C18H24N4OS. The summed E-state index contributed by atoms with van der Waals surface area (Å²) >= 11 is 1.82. The Morgan fingerprint density at radius 1 is 1.17 bits per heavy atom. The third kappa shape index (κ3) is 6.12. The molecule has 0 radical (unpaired) electrons. The Labute approximate surface area is 147 Å². The Hall–Kier alpha value is -2.21. The molecule has 0 fully saturated rings. The summed E-state index contributed by atoms with van der Waals surface area (Å²) in [6.07, 6.45) is 1.74. The highest BCUT2D eigenvalue weighted by Crippen LogP contribution is 2.16. The largest absolute Gasteiger partial charge is 0.478 e. The molecule has 0 aliphatic carbocycles. The number of aliphatic imine (C=N–C) groups is 1. The molecule has 0 saturated heterocycles. The standard InChI is InChI=1S/C18H24N4OS/c1-3-23-17-15(8-7-11-20-17)14-22-18(19-2)21-12-13-24-16-9-5-4-6-10-16/h4-11H,3,12-14H2,1-2H3,(H2,19,21,22). The fourth-order valence-electron chi connectivity index (χ4n) is 2.08. The third-order valence-electron chi connectivity index (χ3n) is 3.21. The van der Waals surface area contributed by atoms with Gasteiger partial charge in [0, 0.05) is 42.5 Å². The van der Waals surface area contributed by atoms with E-state index in [1.807, 2.05) is 36.9 Å². The van der Waals surface area contributed by atoms with Gasteiger partial charge in [0.05, 0.1) is 6.61 Å².